The Kier molecular flexibility index (Phi) is 8.01. The average Bonchev–Trinajstić information content (AvgIpc) is 3.12. The highest BCUT2D eigenvalue weighted by atomic mass is 35.6. The molecule has 138 valence electrons. The summed E-state index contributed by atoms with van der Waals surface area (Å²) in [6.07, 6.45) is 0. The van der Waals surface area contributed by atoms with Crippen LogP contribution in [0.1, 0.15) is 0 Å². The highest BCUT2D eigenvalue weighted by Crippen LogP contribution is 2.49. The van der Waals surface area contributed by atoms with E-state index in [1.165, 1.54) is 0 Å². The summed E-state index contributed by atoms with van der Waals surface area (Å²) < 4.78 is 8.04. The predicted molar refractivity (Wildman–Crippen MR) is 114 cm³/mol. The molecule has 0 radical (unpaired) electrons. The summed E-state index contributed by atoms with van der Waals surface area (Å²) in [5, 5.41) is 5.96. The first-order valence-corrected chi connectivity index (χ1v) is 11.5. The molecule has 0 saturated carbocycles. The third-order valence-corrected chi connectivity index (χ3v) is 8.67. The zero-order valence-corrected chi connectivity index (χ0v) is 19.3. The molecular formula is C10H10Cl6N2O2S4. The summed E-state index contributed by atoms with van der Waals surface area (Å²) in [6, 6.07) is 0. The summed E-state index contributed by atoms with van der Waals surface area (Å²) in [5.74, 6) is 0. The van der Waals surface area contributed by atoms with Crippen molar-refractivity contribution < 1.29 is 9.47 Å². The van der Waals surface area contributed by atoms with Crippen LogP contribution in [0.4, 0.5) is 0 Å². The molecule has 2 unspecified atom stereocenters. The Bertz CT molecular complexity index is 468. The molecule has 2 aliphatic heterocycles. The maximum atomic E-state index is 6.03. The third kappa shape index (κ3) is 4.38. The SMILES string of the molecule is S=C(SSC(=S)C1(C(Cl)(Cl)Cl)NCCO1)C1(C(Cl)(Cl)Cl)NCCO1. The van der Waals surface area contributed by atoms with Gasteiger partial charge in [-0.1, -0.05) is 94.0 Å². The Balaban J connectivity index is 2.09. The van der Waals surface area contributed by atoms with E-state index in [1.807, 2.05) is 0 Å². The number of alkyl halides is 6. The highest BCUT2D eigenvalue weighted by Gasteiger charge is 2.58. The van der Waals surface area contributed by atoms with Crippen LogP contribution >= 0.6 is 116 Å². The number of ether oxygens (including phenoxy) is 2. The van der Waals surface area contributed by atoms with Gasteiger partial charge in [-0.05, 0) is 21.6 Å². The van der Waals surface area contributed by atoms with Crippen LogP contribution in [0.15, 0.2) is 0 Å². The third-order valence-electron chi connectivity index (χ3n) is 3.16. The van der Waals surface area contributed by atoms with Crippen molar-refractivity contribution in [2.24, 2.45) is 0 Å². The summed E-state index contributed by atoms with van der Waals surface area (Å²) in [5.41, 5.74) is -2.81. The van der Waals surface area contributed by atoms with Gasteiger partial charge in [-0.15, -0.1) is 0 Å². The minimum absolute atomic E-state index is 0.254. The second-order valence-electron chi connectivity index (χ2n) is 4.65. The average molecular weight is 531 g/mol. The lowest BCUT2D eigenvalue weighted by Gasteiger charge is -2.36. The zero-order valence-electron chi connectivity index (χ0n) is 11.5. The molecule has 2 saturated heterocycles. The summed E-state index contributed by atoms with van der Waals surface area (Å²) >= 11 is 47.0. The second kappa shape index (κ2) is 8.45. The minimum atomic E-state index is -1.80. The molecular weight excluding hydrogens is 521 g/mol. The number of nitrogens with one attached hydrogen (secondary N) is 2. The molecule has 0 aliphatic carbocycles. The van der Waals surface area contributed by atoms with Crippen molar-refractivity contribution in [3.8, 4) is 0 Å². The normalized spacial score (nSPS) is 31.4. The molecule has 0 bridgehead atoms. The monoisotopic (exact) mass is 528 g/mol. The second-order valence-corrected chi connectivity index (χ2v) is 12.7. The van der Waals surface area contributed by atoms with Crippen LogP contribution in [0.2, 0.25) is 0 Å². The van der Waals surface area contributed by atoms with Gasteiger partial charge in [0.2, 0.25) is 19.0 Å². The Morgan fingerprint density at radius 2 is 1.12 bits per heavy atom. The fourth-order valence-corrected chi connectivity index (χ4v) is 7.28. The minimum Gasteiger partial charge on any atom is -0.349 e. The first kappa shape index (κ1) is 22.7. The van der Waals surface area contributed by atoms with Gasteiger partial charge in [-0.2, -0.15) is 0 Å². The molecule has 2 rings (SSSR count). The van der Waals surface area contributed by atoms with Crippen molar-refractivity contribution in [1.82, 2.24) is 10.6 Å². The maximum absolute atomic E-state index is 6.03. The molecule has 0 amide bonds. The number of halogens is 6. The van der Waals surface area contributed by atoms with Gasteiger partial charge in [-0.3, -0.25) is 10.6 Å². The number of hydrogen-bond acceptors (Lipinski definition) is 8. The zero-order chi connectivity index (χ0) is 18.2. The van der Waals surface area contributed by atoms with Crippen LogP contribution in [0.25, 0.3) is 0 Å². The van der Waals surface area contributed by atoms with Crippen LogP contribution in [-0.2, 0) is 9.47 Å². The Morgan fingerprint density at radius 1 is 0.792 bits per heavy atom. The smallest absolute Gasteiger partial charge is 0.238 e. The molecule has 2 atom stereocenters. The van der Waals surface area contributed by atoms with Crippen LogP contribution in [-0.4, -0.2) is 53.7 Å². The van der Waals surface area contributed by atoms with Crippen LogP contribution in [0, 0.1) is 0 Å². The van der Waals surface area contributed by atoms with Gasteiger partial charge in [0.25, 0.3) is 0 Å². The molecule has 0 aromatic heterocycles. The van der Waals surface area contributed by atoms with E-state index in [0.717, 1.165) is 21.6 Å². The van der Waals surface area contributed by atoms with E-state index in [1.54, 1.807) is 0 Å². The van der Waals surface area contributed by atoms with Crippen molar-refractivity contribution in [2.75, 3.05) is 26.3 Å². The van der Waals surface area contributed by atoms with E-state index >= 15 is 0 Å². The van der Waals surface area contributed by atoms with Crippen molar-refractivity contribution in [2.45, 2.75) is 19.0 Å². The molecule has 4 nitrogen and oxygen atoms in total. The lowest BCUT2D eigenvalue weighted by molar-refractivity contribution is 0.0576. The van der Waals surface area contributed by atoms with Gasteiger partial charge in [0.1, 0.15) is 8.39 Å². The van der Waals surface area contributed by atoms with Crippen LogP contribution in [0.5, 0.6) is 0 Å². The highest BCUT2D eigenvalue weighted by molar-refractivity contribution is 8.89. The molecule has 2 fully saturated rings. The van der Waals surface area contributed by atoms with E-state index < -0.39 is 19.0 Å². The van der Waals surface area contributed by atoms with E-state index in [0.29, 0.717) is 26.3 Å². The lowest BCUT2D eigenvalue weighted by Crippen LogP contribution is -2.58. The van der Waals surface area contributed by atoms with Crippen molar-refractivity contribution in [3.63, 3.8) is 0 Å². The summed E-state index contributed by atoms with van der Waals surface area (Å²) in [7, 11) is 2.16. The standard InChI is InChI=1S/C10H10Cl6N2O2S4/c11-9(12,13)7(17-1-3-19-7)5(21)23-24-6(22)8(10(14,15)16)18-2-4-20-8/h17-18H,1-4H2. The van der Waals surface area contributed by atoms with Gasteiger partial charge >= 0.3 is 0 Å². The van der Waals surface area contributed by atoms with E-state index in [4.69, 9.17) is 104 Å². The first-order chi connectivity index (χ1) is 11.0. The molecule has 0 aromatic carbocycles. The quantitative estimate of drug-likeness (QED) is 0.309. The van der Waals surface area contributed by atoms with Crippen molar-refractivity contribution >= 4 is 124 Å². The van der Waals surface area contributed by atoms with E-state index in [2.05, 4.69) is 10.6 Å². The molecule has 2 N–H and O–H groups in total. The number of hydrogen-bond donors (Lipinski definition) is 2. The maximum Gasteiger partial charge on any atom is 0.238 e. The van der Waals surface area contributed by atoms with Crippen LogP contribution in [0.3, 0.4) is 0 Å². The Hall–Kier alpha value is 2.46. The number of thiocarbonyl (C=S) groups is 2. The first-order valence-electron chi connectivity index (χ1n) is 6.31. The molecule has 2 aliphatic rings. The van der Waals surface area contributed by atoms with Gasteiger partial charge < -0.3 is 9.47 Å². The number of rotatable bonds is 2. The van der Waals surface area contributed by atoms with Crippen molar-refractivity contribution in [3.05, 3.63) is 0 Å². The summed E-state index contributed by atoms with van der Waals surface area (Å²) in [4.78, 5) is 0. The van der Waals surface area contributed by atoms with Gasteiger partial charge in [-0.25, -0.2) is 0 Å². The predicted octanol–water partition coefficient (Wildman–Crippen LogP) is 4.40. The lowest BCUT2D eigenvalue weighted by atomic mass is 10.3. The van der Waals surface area contributed by atoms with Crippen LogP contribution < -0.4 is 10.6 Å². The van der Waals surface area contributed by atoms with E-state index in [9.17, 15) is 0 Å². The molecule has 24 heavy (non-hydrogen) atoms. The Labute approximate surface area is 188 Å². The van der Waals surface area contributed by atoms with Gasteiger partial charge in [0.05, 0.1) is 13.2 Å². The fourth-order valence-electron chi connectivity index (χ4n) is 2.02. The largest absolute Gasteiger partial charge is 0.349 e. The fraction of sp³-hybridized carbons (Fsp3) is 0.800. The molecule has 0 spiro atoms. The Morgan fingerprint density at radius 3 is 1.33 bits per heavy atom. The van der Waals surface area contributed by atoms with Crippen molar-refractivity contribution in [1.29, 1.82) is 0 Å². The van der Waals surface area contributed by atoms with Gasteiger partial charge in [0.15, 0.2) is 0 Å². The van der Waals surface area contributed by atoms with E-state index in [-0.39, 0.29) is 8.39 Å². The summed E-state index contributed by atoms with van der Waals surface area (Å²) in [6.45, 7) is 1.69. The molecule has 14 heteroatoms. The molecule has 2 heterocycles. The molecule has 0 aromatic rings. The topological polar surface area (TPSA) is 42.5 Å². The van der Waals surface area contributed by atoms with Gasteiger partial charge in [0, 0.05) is 13.1 Å².